The minimum atomic E-state index is -1.02. The van der Waals surface area contributed by atoms with Crippen molar-refractivity contribution in [2.75, 3.05) is 0 Å². The first-order chi connectivity index (χ1) is 41.1. The summed E-state index contributed by atoms with van der Waals surface area (Å²) in [6.45, 7) is 9.03. The predicted octanol–water partition coefficient (Wildman–Crippen LogP) is 12.5. The van der Waals surface area contributed by atoms with E-state index in [1.165, 1.54) is 88.0 Å². The molecule has 0 spiro atoms. The Hall–Kier alpha value is -9.86. The number of oxime groups is 2. The third-order valence-electron chi connectivity index (χ3n) is 14.5. The molecule has 12 rings (SSSR count). The fourth-order valence-electron chi connectivity index (χ4n) is 10.2. The molecule has 10 aromatic rings. The van der Waals surface area contributed by atoms with E-state index in [0.717, 1.165) is 0 Å². The predicted molar refractivity (Wildman–Crippen MR) is 310 cm³/mol. The van der Waals surface area contributed by atoms with Gasteiger partial charge < -0.3 is 28.4 Å². The fourth-order valence-corrected chi connectivity index (χ4v) is 10.2. The van der Waals surface area contributed by atoms with Crippen LogP contribution < -0.4 is 11.1 Å². The van der Waals surface area contributed by atoms with Gasteiger partial charge in [-0.3, -0.25) is 28.3 Å². The van der Waals surface area contributed by atoms with Crippen molar-refractivity contribution in [3.8, 4) is 11.4 Å². The van der Waals surface area contributed by atoms with Gasteiger partial charge in [0.25, 0.3) is 11.1 Å². The lowest BCUT2D eigenvalue weighted by molar-refractivity contribution is -0.155. The molecule has 18 nitrogen and oxygen atoms in total. The molecule has 0 saturated heterocycles. The van der Waals surface area contributed by atoms with E-state index >= 15 is 0 Å². The highest BCUT2D eigenvalue weighted by atomic mass is 19.1. The first-order valence-electron chi connectivity index (χ1n) is 27.8. The Morgan fingerprint density at radius 1 is 0.547 bits per heavy atom. The van der Waals surface area contributed by atoms with Gasteiger partial charge >= 0.3 is 11.9 Å². The molecule has 0 aliphatic carbocycles. The van der Waals surface area contributed by atoms with Gasteiger partial charge in [0.05, 0.1) is 44.6 Å². The number of hydrogen-bond acceptors (Lipinski definition) is 15. The molecule has 6 heterocycles. The van der Waals surface area contributed by atoms with E-state index in [9.17, 15) is 36.7 Å². The van der Waals surface area contributed by atoms with Gasteiger partial charge in [0, 0.05) is 61.8 Å². The summed E-state index contributed by atoms with van der Waals surface area (Å²) < 4.78 is 74.6. The van der Waals surface area contributed by atoms with Crippen molar-refractivity contribution in [1.82, 2.24) is 29.1 Å². The number of benzene rings is 6. The molecule has 22 heteroatoms. The molecule has 4 aromatic heterocycles. The second-order valence-electron chi connectivity index (χ2n) is 22.5. The molecule has 0 saturated carbocycles. The molecule has 6 aromatic carbocycles. The van der Waals surface area contributed by atoms with Gasteiger partial charge in [0.15, 0.2) is 11.2 Å². The van der Waals surface area contributed by atoms with Crippen LogP contribution in [0.25, 0.3) is 55.4 Å². The minimum Gasteiger partial charge on any atom is -0.481 e. The lowest BCUT2D eigenvalue weighted by Gasteiger charge is -2.19. The number of nitrogens with zero attached hydrogens (tertiary/aromatic N) is 8. The van der Waals surface area contributed by atoms with Crippen molar-refractivity contribution in [2.45, 2.75) is 116 Å². The molecule has 1 N–H and O–H groups in total. The highest BCUT2D eigenvalue weighted by molar-refractivity contribution is 6.05. The average Bonchev–Trinajstić information content (AvgIpc) is 1.67. The lowest BCUT2D eigenvalue weighted by Crippen LogP contribution is -2.25. The van der Waals surface area contributed by atoms with Crippen LogP contribution in [0.3, 0.4) is 0 Å². The van der Waals surface area contributed by atoms with Crippen LogP contribution in [0.5, 0.6) is 0 Å². The molecule has 2 unspecified atom stereocenters. The van der Waals surface area contributed by atoms with Gasteiger partial charge in [-0.05, 0) is 157 Å². The second-order valence-corrected chi connectivity index (χ2v) is 22.5. The number of carbonyl (C=O) groups excluding carboxylic acids is 1. The van der Waals surface area contributed by atoms with Crippen molar-refractivity contribution >= 4 is 67.4 Å². The Labute approximate surface area is 487 Å². The Bertz CT molecular complexity index is 4480. The van der Waals surface area contributed by atoms with Crippen LogP contribution in [0, 0.1) is 23.3 Å². The maximum atomic E-state index is 13.8. The highest BCUT2D eigenvalue weighted by Gasteiger charge is 2.43. The van der Waals surface area contributed by atoms with Crippen molar-refractivity contribution in [1.29, 1.82) is 0 Å². The number of carboxylic acid groups (broad SMARTS) is 1. The van der Waals surface area contributed by atoms with Crippen LogP contribution >= 0.6 is 0 Å². The SMILES string of the molecule is CC(C)(C)OC(=O)CCCCc1nc2cc(C3=NOC(C)(c4nc5ccc(F)cc5o4)C3)ccc2c(=O)n1-c1ccc(F)cc1.CC1(c2nc3ccc(F)cc3o2)CC(c2ccc3c(=O)n(-c4ccc(F)cc4)c(CCCCC(=O)O)nc3c2)=NO1. The normalized spacial score (nSPS) is 16.7. The Morgan fingerprint density at radius 2 is 0.965 bits per heavy atom. The zero-order valence-corrected chi connectivity index (χ0v) is 47.3. The third-order valence-corrected chi connectivity index (χ3v) is 14.5. The average molecular weight is 1170 g/mol. The number of aromatic nitrogens is 6. The Morgan fingerprint density at radius 3 is 1.38 bits per heavy atom. The van der Waals surface area contributed by atoms with Crippen molar-refractivity contribution < 1.29 is 55.5 Å². The number of aryl methyl sites for hydroxylation is 2. The quantitative estimate of drug-likeness (QED) is 0.0539. The zero-order chi connectivity index (χ0) is 60.7. The summed E-state index contributed by atoms with van der Waals surface area (Å²) in [5.41, 5.74) is 2.86. The molecule has 0 bridgehead atoms. The van der Waals surface area contributed by atoms with E-state index in [4.69, 9.17) is 38.3 Å². The molecule has 2 aliphatic heterocycles. The van der Waals surface area contributed by atoms with Crippen molar-refractivity contribution in [3.63, 3.8) is 0 Å². The first-order valence-corrected chi connectivity index (χ1v) is 27.8. The van der Waals surface area contributed by atoms with Crippen LogP contribution in [0.1, 0.15) is 121 Å². The van der Waals surface area contributed by atoms with E-state index in [2.05, 4.69) is 20.3 Å². The van der Waals surface area contributed by atoms with E-state index in [-0.39, 0.29) is 41.7 Å². The number of rotatable bonds is 16. The van der Waals surface area contributed by atoms with E-state index < -0.39 is 46.0 Å². The minimum absolute atomic E-state index is 0.00608. The molecular weight excluding hydrogens is 1120 g/mol. The van der Waals surface area contributed by atoms with Crippen LogP contribution in [0.15, 0.2) is 150 Å². The number of unbranched alkanes of at least 4 members (excludes halogenated alkanes) is 2. The highest BCUT2D eigenvalue weighted by Crippen LogP contribution is 2.39. The second kappa shape index (κ2) is 23.3. The first kappa shape index (κ1) is 57.9. The Balaban J connectivity index is 0.000000179. The number of carboxylic acids is 1. The van der Waals surface area contributed by atoms with Gasteiger partial charge in [0.2, 0.25) is 23.0 Å². The van der Waals surface area contributed by atoms with Crippen LogP contribution in [-0.2, 0) is 48.0 Å². The van der Waals surface area contributed by atoms with Gasteiger partial charge in [-0.15, -0.1) is 0 Å². The number of carbonyl (C=O) groups is 2. The van der Waals surface area contributed by atoms with Gasteiger partial charge in [-0.25, -0.2) is 37.5 Å². The molecule has 440 valence electrons. The van der Waals surface area contributed by atoms with Crippen LogP contribution in [0.2, 0.25) is 0 Å². The van der Waals surface area contributed by atoms with Gasteiger partial charge in [-0.1, -0.05) is 22.4 Å². The number of oxazole rings is 2. The van der Waals surface area contributed by atoms with Gasteiger partial charge in [0.1, 0.15) is 51.6 Å². The van der Waals surface area contributed by atoms with Gasteiger partial charge in [-0.2, -0.15) is 0 Å². The van der Waals surface area contributed by atoms with E-state index in [0.29, 0.717) is 141 Å². The molecule has 86 heavy (non-hydrogen) atoms. The smallest absolute Gasteiger partial charge is 0.306 e. The number of halogens is 4. The summed E-state index contributed by atoms with van der Waals surface area (Å²) in [5, 5.41) is 18.3. The molecule has 0 fully saturated rings. The summed E-state index contributed by atoms with van der Waals surface area (Å²) in [6, 6.07) is 29.9. The summed E-state index contributed by atoms with van der Waals surface area (Å²) in [4.78, 5) is 80.7. The van der Waals surface area contributed by atoms with E-state index in [1.807, 2.05) is 20.8 Å². The standard InChI is InChI=1S/C34H32F2N4O5.C30H24F2N4O5/c1-33(2,3)44-30(41)8-6-5-7-29-37-26-17-20(9-15-24(26)31(42)40(29)23-13-10-21(35)11-14-23)27-19-34(4,45-39-27)32-38-25-16-12-22(36)18-28(25)43-32;1-30(29-34-22-13-9-19(32)15-25(22)40-29)16-24(35-41-30)17-6-12-21-23(14-17)33-26(4-2-3-5-27(37)38)36(28(21)39)20-10-7-18(31)8-11-20/h9-18H,5-8,19H2,1-4H3;6-15H,2-5,16H2,1H3,(H,37,38). The lowest BCUT2D eigenvalue weighted by atomic mass is 9.95. The maximum Gasteiger partial charge on any atom is 0.306 e. The Kier molecular flexibility index (Phi) is 15.7. The molecular formula is C64H56F4N8O10. The fraction of sp³-hybridized carbons (Fsp3) is 0.281. The zero-order valence-electron chi connectivity index (χ0n) is 47.3. The summed E-state index contributed by atoms with van der Waals surface area (Å²) in [7, 11) is 0. The molecule has 0 amide bonds. The molecule has 2 atom stereocenters. The number of fused-ring (bicyclic) bond motifs is 4. The third kappa shape index (κ3) is 12.4. The molecule has 2 aliphatic rings. The number of esters is 1. The maximum absolute atomic E-state index is 13.8. The summed E-state index contributed by atoms with van der Waals surface area (Å²) in [5.74, 6) is -1.43. The van der Waals surface area contributed by atoms with Crippen molar-refractivity contribution in [2.24, 2.45) is 10.3 Å². The largest absolute Gasteiger partial charge is 0.481 e. The van der Waals surface area contributed by atoms with Crippen LogP contribution in [0.4, 0.5) is 17.6 Å². The topological polar surface area (TPSA) is 229 Å². The summed E-state index contributed by atoms with van der Waals surface area (Å²) >= 11 is 0. The number of ether oxygens (including phenoxy) is 1. The monoisotopic (exact) mass is 1170 g/mol. The number of aliphatic carboxylic acids is 1. The number of hydrogen-bond donors (Lipinski definition) is 1. The summed E-state index contributed by atoms with van der Waals surface area (Å²) in [6.07, 6.45) is 3.65. The van der Waals surface area contributed by atoms with Crippen LogP contribution in [-0.4, -0.2) is 63.1 Å². The van der Waals surface area contributed by atoms with E-state index in [1.54, 1.807) is 56.3 Å². The van der Waals surface area contributed by atoms with Crippen molar-refractivity contribution in [3.05, 3.63) is 200 Å². The molecule has 0 radical (unpaired) electrons.